The number of aromatic nitrogens is 1. The van der Waals surface area contributed by atoms with Gasteiger partial charge in [-0.05, 0) is 30.8 Å². The molecule has 2 heterocycles. The van der Waals surface area contributed by atoms with Crippen molar-refractivity contribution in [2.45, 2.75) is 13.3 Å². The fraction of sp³-hybridized carbons (Fsp3) is 0.409. The topological polar surface area (TPSA) is 68.8 Å². The molecule has 0 aliphatic carbocycles. The number of rotatable bonds is 8. The first-order valence-corrected chi connectivity index (χ1v) is 10.4. The van der Waals surface area contributed by atoms with Crippen LogP contribution in [0.15, 0.2) is 42.6 Å². The van der Waals surface area contributed by atoms with E-state index in [2.05, 4.69) is 15.2 Å². The third-order valence-corrected chi connectivity index (χ3v) is 5.29. The summed E-state index contributed by atoms with van der Waals surface area (Å²) < 4.78 is 27.4. The van der Waals surface area contributed by atoms with Crippen LogP contribution < -0.4 is 10.2 Å². The Morgan fingerprint density at radius 3 is 2.39 bits per heavy atom. The van der Waals surface area contributed by atoms with Crippen LogP contribution in [0, 0.1) is 11.6 Å². The molecule has 1 aromatic carbocycles. The van der Waals surface area contributed by atoms with Gasteiger partial charge in [0, 0.05) is 45.3 Å². The maximum atomic E-state index is 13.7. The fourth-order valence-electron chi connectivity index (χ4n) is 3.49. The molecule has 31 heavy (non-hydrogen) atoms. The molecular formula is C22H27F2N5O2. The molecule has 1 saturated heterocycles. The van der Waals surface area contributed by atoms with Crippen LogP contribution >= 0.6 is 0 Å². The van der Waals surface area contributed by atoms with Crippen LogP contribution in [0.1, 0.15) is 13.3 Å². The number of carbonyl (C=O) groups is 2. The third-order valence-electron chi connectivity index (χ3n) is 5.29. The van der Waals surface area contributed by atoms with Crippen molar-refractivity contribution in [3.05, 3.63) is 54.2 Å². The maximum Gasteiger partial charge on any atom is 0.238 e. The van der Waals surface area contributed by atoms with Gasteiger partial charge < -0.3 is 15.1 Å². The van der Waals surface area contributed by atoms with E-state index in [-0.39, 0.29) is 18.9 Å². The molecule has 0 bridgehead atoms. The largest absolute Gasteiger partial charge is 0.353 e. The Bertz CT molecular complexity index is 868. The highest BCUT2D eigenvalue weighted by atomic mass is 19.1. The second-order valence-electron chi connectivity index (χ2n) is 7.32. The van der Waals surface area contributed by atoms with Crippen LogP contribution in [0.3, 0.4) is 0 Å². The smallest absolute Gasteiger partial charge is 0.238 e. The zero-order chi connectivity index (χ0) is 22.2. The van der Waals surface area contributed by atoms with Crippen molar-refractivity contribution >= 4 is 23.3 Å². The molecule has 7 nitrogen and oxygen atoms in total. The summed E-state index contributed by atoms with van der Waals surface area (Å²) in [5.74, 6) is -1.24. The summed E-state index contributed by atoms with van der Waals surface area (Å²) in [6, 6.07) is 9.17. The third kappa shape index (κ3) is 6.21. The van der Waals surface area contributed by atoms with E-state index in [4.69, 9.17) is 0 Å². The first kappa shape index (κ1) is 22.6. The Labute approximate surface area is 180 Å². The average Bonchev–Trinajstić information content (AvgIpc) is 2.79. The summed E-state index contributed by atoms with van der Waals surface area (Å²) in [6.45, 7) is 5.42. The lowest BCUT2D eigenvalue weighted by Crippen LogP contribution is -2.49. The predicted octanol–water partition coefficient (Wildman–Crippen LogP) is 2.36. The highest BCUT2D eigenvalue weighted by Gasteiger charge is 2.22. The Morgan fingerprint density at radius 1 is 1.06 bits per heavy atom. The predicted molar refractivity (Wildman–Crippen MR) is 115 cm³/mol. The first-order valence-electron chi connectivity index (χ1n) is 10.4. The van der Waals surface area contributed by atoms with E-state index < -0.39 is 23.2 Å². The van der Waals surface area contributed by atoms with E-state index in [1.165, 1.54) is 6.07 Å². The van der Waals surface area contributed by atoms with Crippen LogP contribution in [0.2, 0.25) is 0 Å². The summed E-state index contributed by atoms with van der Waals surface area (Å²) >= 11 is 0. The number of amides is 2. The number of carbonyl (C=O) groups excluding carboxylic acids is 2. The van der Waals surface area contributed by atoms with Crippen molar-refractivity contribution in [2.24, 2.45) is 0 Å². The molecule has 2 amide bonds. The summed E-state index contributed by atoms with van der Waals surface area (Å²) in [6.07, 6.45) is 2.03. The molecule has 166 valence electrons. The van der Waals surface area contributed by atoms with Crippen molar-refractivity contribution in [1.82, 2.24) is 14.8 Å². The van der Waals surface area contributed by atoms with E-state index in [9.17, 15) is 18.4 Å². The SMILES string of the molecule is CCN(CCC(=O)N1CCN(c2ccccn2)CC1)CC(=O)Nc1c(F)cccc1F. The van der Waals surface area contributed by atoms with E-state index >= 15 is 0 Å². The van der Waals surface area contributed by atoms with Crippen molar-refractivity contribution in [2.75, 3.05) is 56.0 Å². The van der Waals surface area contributed by atoms with E-state index in [1.54, 1.807) is 11.1 Å². The van der Waals surface area contributed by atoms with Gasteiger partial charge in [-0.15, -0.1) is 0 Å². The molecule has 3 rings (SSSR count). The number of pyridine rings is 1. The summed E-state index contributed by atoms with van der Waals surface area (Å²) in [7, 11) is 0. The Morgan fingerprint density at radius 2 is 1.77 bits per heavy atom. The monoisotopic (exact) mass is 431 g/mol. The van der Waals surface area contributed by atoms with Crippen molar-refractivity contribution in [3.63, 3.8) is 0 Å². The van der Waals surface area contributed by atoms with Gasteiger partial charge in [-0.25, -0.2) is 13.8 Å². The lowest BCUT2D eigenvalue weighted by atomic mass is 10.2. The van der Waals surface area contributed by atoms with Gasteiger partial charge in [-0.3, -0.25) is 14.5 Å². The Kier molecular flexibility index (Phi) is 7.88. The molecule has 1 fully saturated rings. The van der Waals surface area contributed by atoms with Gasteiger partial charge in [-0.1, -0.05) is 19.1 Å². The minimum atomic E-state index is -0.823. The molecule has 1 N–H and O–H groups in total. The van der Waals surface area contributed by atoms with Crippen LogP contribution in [0.4, 0.5) is 20.3 Å². The van der Waals surface area contributed by atoms with Crippen LogP contribution in [-0.2, 0) is 9.59 Å². The maximum absolute atomic E-state index is 13.7. The quantitative estimate of drug-likeness (QED) is 0.695. The van der Waals surface area contributed by atoms with Crippen molar-refractivity contribution in [3.8, 4) is 0 Å². The lowest BCUT2D eigenvalue weighted by Gasteiger charge is -2.35. The second kappa shape index (κ2) is 10.8. The molecular weight excluding hydrogens is 404 g/mol. The minimum Gasteiger partial charge on any atom is -0.353 e. The Hall–Kier alpha value is -3.07. The lowest BCUT2D eigenvalue weighted by molar-refractivity contribution is -0.132. The molecule has 1 aliphatic rings. The Balaban J connectivity index is 1.44. The van der Waals surface area contributed by atoms with Gasteiger partial charge in [0.1, 0.15) is 23.1 Å². The van der Waals surface area contributed by atoms with Gasteiger partial charge in [0.15, 0.2) is 0 Å². The number of benzene rings is 1. The summed E-state index contributed by atoms with van der Waals surface area (Å²) in [5, 5.41) is 2.28. The number of anilines is 2. The van der Waals surface area contributed by atoms with E-state index in [0.29, 0.717) is 26.2 Å². The molecule has 0 unspecified atom stereocenters. The molecule has 1 aromatic heterocycles. The molecule has 0 spiro atoms. The van der Waals surface area contributed by atoms with Gasteiger partial charge >= 0.3 is 0 Å². The van der Waals surface area contributed by atoms with Crippen molar-refractivity contribution < 1.29 is 18.4 Å². The number of piperazine rings is 1. The summed E-state index contributed by atoms with van der Waals surface area (Å²) in [4.78, 5) is 34.9. The van der Waals surface area contributed by atoms with E-state index in [1.807, 2.05) is 30.0 Å². The van der Waals surface area contributed by atoms with Gasteiger partial charge in [0.05, 0.1) is 6.54 Å². The summed E-state index contributed by atoms with van der Waals surface area (Å²) in [5.41, 5.74) is -0.453. The zero-order valence-electron chi connectivity index (χ0n) is 17.6. The minimum absolute atomic E-state index is 0.0275. The highest BCUT2D eigenvalue weighted by molar-refractivity contribution is 5.92. The number of likely N-dealkylation sites (N-methyl/N-ethyl adjacent to an activating group) is 1. The number of nitrogens with zero attached hydrogens (tertiary/aromatic N) is 4. The molecule has 1 aliphatic heterocycles. The second-order valence-corrected chi connectivity index (χ2v) is 7.32. The van der Waals surface area contributed by atoms with Crippen LogP contribution in [-0.4, -0.2) is 72.4 Å². The molecule has 9 heteroatoms. The van der Waals surface area contributed by atoms with Crippen LogP contribution in [0.25, 0.3) is 0 Å². The van der Waals surface area contributed by atoms with Gasteiger partial charge in [0.25, 0.3) is 0 Å². The van der Waals surface area contributed by atoms with Crippen molar-refractivity contribution in [1.29, 1.82) is 0 Å². The van der Waals surface area contributed by atoms with Crippen LogP contribution in [0.5, 0.6) is 0 Å². The normalized spacial score (nSPS) is 14.1. The first-order chi connectivity index (χ1) is 15.0. The van der Waals surface area contributed by atoms with E-state index in [0.717, 1.165) is 31.0 Å². The fourth-order valence-corrected chi connectivity index (χ4v) is 3.49. The number of para-hydroxylation sites is 1. The molecule has 0 radical (unpaired) electrons. The number of nitrogens with one attached hydrogen (secondary N) is 1. The highest BCUT2D eigenvalue weighted by Crippen LogP contribution is 2.18. The molecule has 0 atom stereocenters. The average molecular weight is 431 g/mol. The number of halogens is 2. The van der Waals surface area contributed by atoms with Gasteiger partial charge in [0.2, 0.25) is 11.8 Å². The molecule has 2 aromatic rings. The number of hydrogen-bond acceptors (Lipinski definition) is 5. The zero-order valence-corrected chi connectivity index (χ0v) is 17.6. The van der Waals surface area contributed by atoms with Gasteiger partial charge in [-0.2, -0.15) is 0 Å². The number of hydrogen-bond donors (Lipinski definition) is 1. The molecule has 0 saturated carbocycles. The standard InChI is InChI=1S/C22H27F2N5O2/c1-2-27(16-20(30)26-22-17(23)6-5-7-18(22)24)11-9-21(31)29-14-12-28(13-15-29)19-8-3-4-10-25-19/h3-8,10H,2,9,11-16H2,1H3,(H,26,30).